The number of fused-ring (bicyclic) bond motifs is 1. The molecule has 1 aliphatic rings. The lowest BCUT2D eigenvalue weighted by atomic mass is 9.95. The van der Waals surface area contributed by atoms with Gasteiger partial charge < -0.3 is 23.5 Å². The van der Waals surface area contributed by atoms with Crippen molar-refractivity contribution in [3.05, 3.63) is 53.7 Å². The van der Waals surface area contributed by atoms with E-state index in [1.807, 2.05) is 37.4 Å². The van der Waals surface area contributed by atoms with Gasteiger partial charge in [-0.2, -0.15) is 0 Å². The van der Waals surface area contributed by atoms with Gasteiger partial charge in [-0.05, 0) is 37.1 Å². The van der Waals surface area contributed by atoms with Crippen molar-refractivity contribution in [2.45, 2.75) is 19.9 Å². The Morgan fingerprint density at radius 2 is 1.59 bits per heavy atom. The molecule has 0 aliphatic carbocycles. The molecule has 0 saturated carbocycles. The lowest BCUT2D eigenvalue weighted by molar-refractivity contribution is -0.122. The number of carbonyl (C=O) groups excluding carboxylic acids is 2. The van der Waals surface area contributed by atoms with Crippen LogP contribution in [0.25, 0.3) is 22.0 Å². The summed E-state index contributed by atoms with van der Waals surface area (Å²) in [6.45, 7) is 4.01. The van der Waals surface area contributed by atoms with Gasteiger partial charge >= 0.3 is 0 Å². The fourth-order valence-corrected chi connectivity index (χ4v) is 4.33. The zero-order chi connectivity index (χ0) is 24.2. The Kier molecular flexibility index (Phi) is 6.88. The zero-order valence-corrected chi connectivity index (χ0v) is 19.8. The molecule has 8 heteroatoms. The largest absolute Gasteiger partial charge is 0.493 e. The predicted octanol–water partition coefficient (Wildman–Crippen LogP) is 3.66. The van der Waals surface area contributed by atoms with Crippen molar-refractivity contribution in [1.82, 2.24) is 9.88 Å². The van der Waals surface area contributed by atoms with Gasteiger partial charge in [-0.3, -0.25) is 14.9 Å². The molecule has 3 aromatic rings. The number of amides is 2. The van der Waals surface area contributed by atoms with Gasteiger partial charge in [-0.25, -0.2) is 0 Å². The summed E-state index contributed by atoms with van der Waals surface area (Å²) in [5, 5.41) is 3.35. The number of methoxy groups -OCH3 is 3. The average Bonchev–Trinajstić information content (AvgIpc) is 3.36. The molecule has 0 fully saturated rings. The number of hydrogen-bond acceptors (Lipinski definition) is 6. The quantitative estimate of drug-likeness (QED) is 0.364. The summed E-state index contributed by atoms with van der Waals surface area (Å²) in [5.41, 5.74) is 2.76. The molecule has 2 amide bonds. The zero-order valence-electron chi connectivity index (χ0n) is 19.8. The minimum atomic E-state index is -0.470. The van der Waals surface area contributed by atoms with Gasteiger partial charge in [-0.1, -0.05) is 18.2 Å². The lowest BCUT2D eigenvalue weighted by Crippen LogP contribution is -2.22. The Labute approximate surface area is 198 Å². The van der Waals surface area contributed by atoms with Crippen molar-refractivity contribution >= 4 is 33.9 Å². The first-order chi connectivity index (χ1) is 16.5. The van der Waals surface area contributed by atoms with Crippen LogP contribution in [-0.2, 0) is 20.9 Å². The van der Waals surface area contributed by atoms with E-state index < -0.39 is 11.8 Å². The van der Waals surface area contributed by atoms with Gasteiger partial charge in [0.15, 0.2) is 11.5 Å². The third-order valence-electron chi connectivity index (χ3n) is 5.83. The predicted molar refractivity (Wildman–Crippen MR) is 129 cm³/mol. The number of imide groups is 1. The second-order valence-corrected chi connectivity index (χ2v) is 7.75. The topological polar surface area (TPSA) is 88.0 Å². The summed E-state index contributed by atoms with van der Waals surface area (Å²) >= 11 is 0. The van der Waals surface area contributed by atoms with Gasteiger partial charge in [0.1, 0.15) is 0 Å². The molecular weight excluding hydrogens is 436 g/mol. The summed E-state index contributed by atoms with van der Waals surface area (Å²) in [6, 6.07) is 11.2. The maximum absolute atomic E-state index is 13.0. The molecule has 2 aromatic carbocycles. The summed E-state index contributed by atoms with van der Waals surface area (Å²) in [4.78, 5) is 26.0. The number of nitrogens with zero attached hydrogens (tertiary/aromatic N) is 1. The van der Waals surface area contributed by atoms with Gasteiger partial charge in [-0.15, -0.1) is 0 Å². The molecule has 2 heterocycles. The highest BCUT2D eigenvalue weighted by molar-refractivity contribution is 6.50. The molecule has 1 aromatic heterocycles. The van der Waals surface area contributed by atoms with Crippen LogP contribution < -0.4 is 19.5 Å². The SMILES string of the molecule is CCOCCCn1cc(C2=C(c3cc(OC)c(OC)c(OC)c3)C(=O)NC2=O)c2ccccc21. The number of ether oxygens (including phenoxy) is 4. The van der Waals surface area contributed by atoms with Crippen LogP contribution in [0.2, 0.25) is 0 Å². The fraction of sp³-hybridized carbons (Fsp3) is 0.308. The van der Waals surface area contributed by atoms with Crippen LogP contribution in [0.3, 0.4) is 0 Å². The van der Waals surface area contributed by atoms with E-state index in [9.17, 15) is 9.59 Å². The van der Waals surface area contributed by atoms with Crippen LogP contribution in [0.4, 0.5) is 0 Å². The van der Waals surface area contributed by atoms with Crippen LogP contribution in [0.5, 0.6) is 17.2 Å². The van der Waals surface area contributed by atoms with Gasteiger partial charge in [0.05, 0.1) is 32.5 Å². The fourth-order valence-electron chi connectivity index (χ4n) is 4.33. The van der Waals surface area contributed by atoms with Crippen molar-refractivity contribution in [2.24, 2.45) is 0 Å². The second kappa shape index (κ2) is 10.0. The van der Waals surface area contributed by atoms with E-state index in [-0.39, 0.29) is 5.57 Å². The van der Waals surface area contributed by atoms with Crippen molar-refractivity contribution in [1.29, 1.82) is 0 Å². The van der Waals surface area contributed by atoms with E-state index in [0.29, 0.717) is 47.2 Å². The Bertz CT molecular complexity index is 1250. The average molecular weight is 465 g/mol. The molecule has 0 atom stereocenters. The summed E-state index contributed by atoms with van der Waals surface area (Å²) in [5.74, 6) is 0.295. The monoisotopic (exact) mass is 464 g/mol. The normalized spacial score (nSPS) is 13.5. The molecule has 0 spiro atoms. The van der Waals surface area contributed by atoms with Crippen LogP contribution in [0.15, 0.2) is 42.6 Å². The second-order valence-electron chi connectivity index (χ2n) is 7.75. The van der Waals surface area contributed by atoms with Gasteiger partial charge in [0.25, 0.3) is 11.8 Å². The molecule has 0 unspecified atom stereocenters. The maximum atomic E-state index is 13.0. The van der Waals surface area contributed by atoms with Crippen molar-refractivity contribution < 1.29 is 28.5 Å². The molecule has 1 aliphatic heterocycles. The lowest BCUT2D eigenvalue weighted by Gasteiger charge is -2.14. The van der Waals surface area contributed by atoms with Crippen molar-refractivity contribution in [3.63, 3.8) is 0 Å². The summed E-state index contributed by atoms with van der Waals surface area (Å²) in [6.07, 6.45) is 2.76. The molecule has 0 bridgehead atoms. The number of nitrogens with one attached hydrogen (secondary N) is 1. The third-order valence-corrected chi connectivity index (χ3v) is 5.83. The minimum Gasteiger partial charge on any atom is -0.493 e. The first kappa shape index (κ1) is 23.4. The number of para-hydroxylation sites is 1. The molecule has 0 radical (unpaired) electrons. The molecule has 4 rings (SSSR count). The standard InChI is InChI=1S/C26H28N2O6/c1-5-34-12-8-11-28-15-18(17-9-6-7-10-19(17)28)23-22(25(29)27-26(23)30)16-13-20(31-2)24(33-4)21(14-16)32-3/h6-7,9-10,13-15H,5,8,11-12H2,1-4H3,(H,27,29,30). The number of hydrogen-bond donors (Lipinski definition) is 1. The number of aryl methyl sites for hydroxylation is 1. The summed E-state index contributed by atoms with van der Waals surface area (Å²) < 4.78 is 23.9. The van der Waals surface area contributed by atoms with Crippen LogP contribution in [0.1, 0.15) is 24.5 Å². The van der Waals surface area contributed by atoms with E-state index in [1.54, 1.807) is 12.1 Å². The van der Waals surface area contributed by atoms with Crippen LogP contribution in [-0.4, -0.2) is 50.9 Å². The van der Waals surface area contributed by atoms with Gasteiger partial charge in [0, 0.05) is 42.4 Å². The molecule has 34 heavy (non-hydrogen) atoms. The molecule has 0 saturated heterocycles. The van der Waals surface area contributed by atoms with Crippen LogP contribution >= 0.6 is 0 Å². The first-order valence-corrected chi connectivity index (χ1v) is 11.1. The Morgan fingerprint density at radius 1 is 0.912 bits per heavy atom. The molecule has 1 N–H and O–H groups in total. The van der Waals surface area contributed by atoms with E-state index in [1.165, 1.54) is 21.3 Å². The van der Waals surface area contributed by atoms with Gasteiger partial charge in [0.2, 0.25) is 5.75 Å². The Balaban J connectivity index is 1.90. The number of benzene rings is 2. The first-order valence-electron chi connectivity index (χ1n) is 11.1. The van der Waals surface area contributed by atoms with Crippen molar-refractivity contribution in [2.75, 3.05) is 34.5 Å². The van der Waals surface area contributed by atoms with E-state index in [0.717, 1.165) is 23.9 Å². The number of carbonyl (C=O) groups is 2. The highest BCUT2D eigenvalue weighted by Gasteiger charge is 2.35. The Hall–Kier alpha value is -3.78. The summed E-state index contributed by atoms with van der Waals surface area (Å²) in [7, 11) is 4.52. The Morgan fingerprint density at radius 3 is 2.24 bits per heavy atom. The van der Waals surface area contributed by atoms with Crippen LogP contribution in [0, 0.1) is 0 Å². The molecular formula is C26H28N2O6. The van der Waals surface area contributed by atoms with E-state index >= 15 is 0 Å². The minimum absolute atomic E-state index is 0.265. The number of aromatic nitrogens is 1. The van der Waals surface area contributed by atoms with E-state index in [2.05, 4.69) is 9.88 Å². The van der Waals surface area contributed by atoms with E-state index in [4.69, 9.17) is 18.9 Å². The molecule has 178 valence electrons. The number of rotatable bonds is 10. The smallest absolute Gasteiger partial charge is 0.259 e. The maximum Gasteiger partial charge on any atom is 0.259 e. The highest BCUT2D eigenvalue weighted by atomic mass is 16.5. The highest BCUT2D eigenvalue weighted by Crippen LogP contribution is 2.43. The van der Waals surface area contributed by atoms with Crippen molar-refractivity contribution in [3.8, 4) is 17.2 Å². The third kappa shape index (κ3) is 4.12. The molecule has 8 nitrogen and oxygen atoms in total.